The highest BCUT2D eigenvalue weighted by Gasteiger charge is 2.20. The SMILES string of the molecule is CCCS[P@@](=S)(OCC)OCc1cc(OCC)nc(N(C)C)n1. The summed E-state index contributed by atoms with van der Waals surface area (Å²) in [6.07, 6.45) is 1.03. The largest absolute Gasteiger partial charge is 0.478 e. The Bertz CT molecular complexity index is 532. The van der Waals surface area contributed by atoms with Crippen molar-refractivity contribution in [3.05, 3.63) is 11.8 Å². The van der Waals surface area contributed by atoms with E-state index in [0.29, 0.717) is 25.0 Å². The summed E-state index contributed by atoms with van der Waals surface area (Å²) in [6.45, 7) is 7.35. The van der Waals surface area contributed by atoms with Crippen LogP contribution in [0.4, 0.5) is 5.95 Å². The molecule has 0 saturated heterocycles. The van der Waals surface area contributed by atoms with Crippen molar-refractivity contribution in [2.45, 2.75) is 33.8 Å². The van der Waals surface area contributed by atoms with Crippen molar-refractivity contribution in [3.63, 3.8) is 0 Å². The molecule has 1 atom stereocenters. The lowest BCUT2D eigenvalue weighted by Crippen LogP contribution is -2.14. The Kier molecular flexibility index (Phi) is 9.39. The first-order valence-electron chi connectivity index (χ1n) is 7.65. The summed E-state index contributed by atoms with van der Waals surface area (Å²) in [7, 11) is 3.77. The summed E-state index contributed by atoms with van der Waals surface area (Å²) in [4.78, 5) is 10.6. The maximum atomic E-state index is 5.93. The van der Waals surface area contributed by atoms with Gasteiger partial charge >= 0.3 is 0 Å². The fraction of sp³-hybridized carbons (Fsp3) is 0.714. The Hall–Kier alpha value is -0.400. The quantitative estimate of drug-likeness (QED) is 0.537. The molecule has 132 valence electrons. The molecule has 0 amide bonds. The zero-order chi connectivity index (χ0) is 17.3. The van der Waals surface area contributed by atoms with Crippen LogP contribution in [0.25, 0.3) is 0 Å². The Morgan fingerprint density at radius 2 is 1.91 bits per heavy atom. The van der Waals surface area contributed by atoms with Gasteiger partial charge in [-0.3, -0.25) is 0 Å². The number of hydrogen-bond donors (Lipinski definition) is 0. The number of aromatic nitrogens is 2. The number of ether oxygens (including phenoxy) is 1. The molecule has 23 heavy (non-hydrogen) atoms. The van der Waals surface area contributed by atoms with E-state index in [4.69, 9.17) is 25.6 Å². The van der Waals surface area contributed by atoms with Gasteiger partial charge in [-0.05, 0) is 32.1 Å². The molecule has 0 aliphatic heterocycles. The van der Waals surface area contributed by atoms with Crippen LogP contribution >= 0.6 is 17.1 Å². The fourth-order valence-corrected chi connectivity index (χ4v) is 6.09. The first-order chi connectivity index (χ1) is 10.9. The molecule has 1 aromatic heterocycles. The molecule has 0 unspecified atom stereocenters. The Balaban J connectivity index is 2.87. The molecule has 1 aromatic rings. The van der Waals surface area contributed by atoms with E-state index in [-0.39, 0.29) is 6.61 Å². The Morgan fingerprint density at radius 1 is 1.17 bits per heavy atom. The lowest BCUT2D eigenvalue weighted by molar-refractivity contribution is 0.257. The normalized spacial score (nSPS) is 13.6. The van der Waals surface area contributed by atoms with Crippen molar-refractivity contribution >= 4 is 34.8 Å². The average molecular weight is 379 g/mol. The predicted octanol–water partition coefficient (Wildman–Crippen LogP) is 3.86. The van der Waals surface area contributed by atoms with Crippen LogP contribution in [0.3, 0.4) is 0 Å². The van der Waals surface area contributed by atoms with Crippen LogP contribution in [0, 0.1) is 0 Å². The van der Waals surface area contributed by atoms with Gasteiger partial charge in [-0.15, -0.1) is 0 Å². The second kappa shape index (κ2) is 10.5. The van der Waals surface area contributed by atoms with Gasteiger partial charge in [0.1, 0.15) is 0 Å². The van der Waals surface area contributed by atoms with Crippen molar-refractivity contribution in [3.8, 4) is 5.88 Å². The third-order valence-electron chi connectivity index (χ3n) is 2.55. The van der Waals surface area contributed by atoms with Gasteiger partial charge in [0.15, 0.2) is 0 Å². The summed E-state index contributed by atoms with van der Waals surface area (Å²) >= 11 is 7.17. The van der Waals surface area contributed by atoms with Crippen LogP contribution in [-0.2, 0) is 27.5 Å². The second-order valence-electron chi connectivity index (χ2n) is 4.80. The molecule has 0 bridgehead atoms. The van der Waals surface area contributed by atoms with Gasteiger partial charge in [0.05, 0.1) is 25.5 Å². The highest BCUT2D eigenvalue weighted by molar-refractivity contribution is 8.67. The van der Waals surface area contributed by atoms with Gasteiger partial charge in [-0.25, -0.2) is 4.98 Å². The molecular weight excluding hydrogens is 353 g/mol. The molecule has 0 spiro atoms. The first-order valence-corrected chi connectivity index (χ1v) is 11.9. The average Bonchev–Trinajstić information content (AvgIpc) is 2.51. The summed E-state index contributed by atoms with van der Waals surface area (Å²) in [5.41, 5.74) is -1.60. The van der Waals surface area contributed by atoms with Gasteiger partial charge in [-0.1, -0.05) is 18.3 Å². The van der Waals surface area contributed by atoms with Crippen LogP contribution < -0.4 is 9.64 Å². The van der Waals surface area contributed by atoms with Gasteiger partial charge in [0.2, 0.25) is 17.5 Å². The molecule has 9 heteroatoms. The molecule has 1 rings (SSSR count). The van der Waals surface area contributed by atoms with Gasteiger partial charge in [0, 0.05) is 25.9 Å². The minimum atomic E-state index is -2.34. The number of hydrogen-bond acceptors (Lipinski definition) is 8. The monoisotopic (exact) mass is 379 g/mol. The van der Waals surface area contributed by atoms with Crippen LogP contribution in [0.2, 0.25) is 0 Å². The minimum Gasteiger partial charge on any atom is -0.478 e. The van der Waals surface area contributed by atoms with Crippen molar-refractivity contribution in [1.82, 2.24) is 9.97 Å². The topological polar surface area (TPSA) is 56.7 Å². The minimum absolute atomic E-state index is 0.289. The lowest BCUT2D eigenvalue weighted by Gasteiger charge is -2.21. The van der Waals surface area contributed by atoms with Crippen molar-refractivity contribution in [2.24, 2.45) is 0 Å². The summed E-state index contributed by atoms with van der Waals surface area (Å²) in [5, 5.41) is 0. The lowest BCUT2D eigenvalue weighted by atomic mass is 10.4. The molecule has 0 aliphatic rings. The molecule has 6 nitrogen and oxygen atoms in total. The zero-order valence-electron chi connectivity index (χ0n) is 14.4. The summed E-state index contributed by atoms with van der Waals surface area (Å²) in [6, 6.07) is 1.78. The van der Waals surface area contributed by atoms with E-state index in [2.05, 4.69) is 16.9 Å². The van der Waals surface area contributed by atoms with Crippen LogP contribution in [0.5, 0.6) is 5.88 Å². The van der Waals surface area contributed by atoms with E-state index in [1.54, 1.807) is 17.4 Å². The molecule has 0 saturated carbocycles. The van der Waals surface area contributed by atoms with E-state index in [9.17, 15) is 0 Å². The van der Waals surface area contributed by atoms with Gasteiger partial charge in [-0.2, -0.15) is 4.98 Å². The molecule has 0 N–H and O–H groups in total. The van der Waals surface area contributed by atoms with E-state index in [1.165, 1.54) is 0 Å². The van der Waals surface area contributed by atoms with Crippen LogP contribution in [0.15, 0.2) is 6.07 Å². The van der Waals surface area contributed by atoms with E-state index in [0.717, 1.165) is 17.9 Å². The van der Waals surface area contributed by atoms with Crippen LogP contribution in [0.1, 0.15) is 32.9 Å². The smallest absolute Gasteiger partial charge is 0.247 e. The number of anilines is 1. The van der Waals surface area contributed by atoms with Crippen molar-refractivity contribution < 1.29 is 13.8 Å². The van der Waals surface area contributed by atoms with Crippen molar-refractivity contribution in [1.29, 1.82) is 0 Å². The third kappa shape index (κ3) is 7.35. The summed E-state index contributed by atoms with van der Waals surface area (Å²) < 4.78 is 17.1. The fourth-order valence-electron chi connectivity index (χ4n) is 1.57. The highest BCUT2D eigenvalue weighted by Crippen LogP contribution is 2.61. The Morgan fingerprint density at radius 3 is 2.48 bits per heavy atom. The highest BCUT2D eigenvalue weighted by atomic mass is 32.9. The molecule has 0 aromatic carbocycles. The zero-order valence-corrected chi connectivity index (χ0v) is 17.0. The molecule has 0 aliphatic carbocycles. The number of nitrogens with zero attached hydrogens (tertiary/aromatic N) is 3. The first kappa shape index (κ1) is 20.6. The standard InChI is InChI=1S/C14H26N3O3PS2/c1-6-9-23-21(22,19-8-3)20-11-12-10-13(18-7-2)16-14(15-12)17(4)5/h10H,6-9,11H2,1-5H3/t21-/m0/s1. The third-order valence-corrected chi connectivity index (χ3v) is 8.18. The van der Waals surface area contributed by atoms with Gasteiger partial charge in [0.25, 0.3) is 0 Å². The molecule has 0 radical (unpaired) electrons. The van der Waals surface area contributed by atoms with E-state index < -0.39 is 5.69 Å². The summed E-state index contributed by atoms with van der Waals surface area (Å²) in [5.74, 6) is 2.05. The number of rotatable bonds is 11. The molecular formula is C14H26N3O3PS2. The Labute approximate surface area is 148 Å². The van der Waals surface area contributed by atoms with Gasteiger partial charge < -0.3 is 18.7 Å². The maximum Gasteiger partial charge on any atom is 0.247 e. The predicted molar refractivity (Wildman–Crippen MR) is 101 cm³/mol. The van der Waals surface area contributed by atoms with Crippen LogP contribution in [-0.4, -0.2) is 43.0 Å². The molecule has 0 fully saturated rings. The second-order valence-corrected chi connectivity index (χ2v) is 11.2. The maximum absolute atomic E-state index is 5.93. The molecule has 1 heterocycles. The van der Waals surface area contributed by atoms with Crippen molar-refractivity contribution in [2.75, 3.05) is 38.0 Å². The van der Waals surface area contributed by atoms with E-state index in [1.807, 2.05) is 32.8 Å². The van der Waals surface area contributed by atoms with E-state index >= 15 is 0 Å².